The summed E-state index contributed by atoms with van der Waals surface area (Å²) in [7, 11) is 1.43. The van der Waals surface area contributed by atoms with E-state index < -0.39 is 11.2 Å². The van der Waals surface area contributed by atoms with Crippen molar-refractivity contribution in [3.8, 4) is 17.3 Å². The zero-order chi connectivity index (χ0) is 19.0. The molecule has 0 aliphatic rings. The van der Waals surface area contributed by atoms with Crippen molar-refractivity contribution in [3.05, 3.63) is 61.8 Å². The fourth-order valence-electron chi connectivity index (χ4n) is 2.85. The van der Waals surface area contributed by atoms with E-state index in [2.05, 4.69) is 11.1 Å². The molecule has 0 aliphatic heterocycles. The van der Waals surface area contributed by atoms with Crippen molar-refractivity contribution >= 4 is 22.6 Å². The molecule has 0 saturated heterocycles. The van der Waals surface area contributed by atoms with E-state index in [1.54, 1.807) is 24.3 Å². The lowest BCUT2D eigenvalue weighted by Crippen LogP contribution is -2.39. The van der Waals surface area contributed by atoms with E-state index in [1.165, 1.54) is 17.7 Å². The first-order valence-corrected chi connectivity index (χ1v) is 8.52. The largest absolute Gasteiger partial charge is 0.332 e. The van der Waals surface area contributed by atoms with Crippen molar-refractivity contribution in [1.82, 2.24) is 14.1 Å². The van der Waals surface area contributed by atoms with E-state index >= 15 is 0 Å². The third kappa shape index (κ3) is 3.02. The van der Waals surface area contributed by atoms with E-state index in [1.807, 2.05) is 13.8 Å². The summed E-state index contributed by atoms with van der Waals surface area (Å²) in [5.41, 5.74) is 0.786. The number of aromatic nitrogens is 3. The number of hydrogen-bond acceptors (Lipinski definition) is 4. The van der Waals surface area contributed by atoms with E-state index in [9.17, 15) is 14.9 Å². The Balaban J connectivity index is 2.43. The van der Waals surface area contributed by atoms with Crippen LogP contribution in [0.25, 0.3) is 22.3 Å². The number of rotatable bonds is 3. The third-order valence-electron chi connectivity index (χ3n) is 4.10. The minimum Gasteiger partial charge on any atom is -0.277 e. The molecule has 0 atom stereocenters. The topological polar surface area (TPSA) is 80.7 Å². The second-order valence-corrected chi connectivity index (χ2v) is 6.96. The highest BCUT2D eigenvalue weighted by Crippen LogP contribution is 2.25. The van der Waals surface area contributed by atoms with Crippen molar-refractivity contribution in [1.29, 1.82) is 5.26 Å². The van der Waals surface area contributed by atoms with Gasteiger partial charge in [0.1, 0.15) is 11.7 Å². The van der Waals surface area contributed by atoms with E-state index in [0.29, 0.717) is 22.8 Å². The smallest absolute Gasteiger partial charge is 0.277 e. The Kier molecular flexibility index (Phi) is 4.66. The number of halogens is 1. The van der Waals surface area contributed by atoms with E-state index in [0.717, 1.165) is 4.57 Å². The Morgan fingerprint density at radius 3 is 2.46 bits per heavy atom. The molecule has 1 aromatic carbocycles. The highest BCUT2D eigenvalue weighted by Gasteiger charge is 2.17. The van der Waals surface area contributed by atoms with Gasteiger partial charge in [-0.05, 0) is 24.1 Å². The second-order valence-electron chi connectivity index (χ2n) is 6.53. The van der Waals surface area contributed by atoms with Crippen LogP contribution in [0, 0.1) is 17.2 Å². The Morgan fingerprint density at radius 1 is 1.23 bits per heavy atom. The second kappa shape index (κ2) is 6.77. The van der Waals surface area contributed by atoms with Gasteiger partial charge in [-0.25, -0.2) is 9.78 Å². The zero-order valence-electron chi connectivity index (χ0n) is 14.7. The standard InChI is InChI=1S/C19H17ClN4O2/c1-11(2)10-24-17-15(18(25)23(3)19(24)26)8-13(9-21)16(22-17)12-4-6-14(20)7-5-12/h4-8,11H,10H2,1-3H3. The minimum absolute atomic E-state index is 0.185. The maximum atomic E-state index is 12.6. The molecule has 0 amide bonds. The molecule has 26 heavy (non-hydrogen) atoms. The van der Waals surface area contributed by atoms with Crippen LogP contribution in [-0.2, 0) is 13.6 Å². The zero-order valence-corrected chi connectivity index (χ0v) is 15.4. The van der Waals surface area contributed by atoms with Crippen LogP contribution in [0.5, 0.6) is 0 Å². The van der Waals surface area contributed by atoms with Crippen LogP contribution in [0.1, 0.15) is 19.4 Å². The SMILES string of the molecule is CC(C)Cn1c(=O)n(C)c(=O)c2cc(C#N)c(-c3ccc(Cl)cc3)nc21. The van der Waals surface area contributed by atoms with Gasteiger partial charge in [0, 0.05) is 24.2 Å². The Morgan fingerprint density at radius 2 is 1.88 bits per heavy atom. The molecule has 0 unspecified atom stereocenters. The van der Waals surface area contributed by atoms with Crippen molar-refractivity contribution in [2.75, 3.05) is 0 Å². The molecule has 3 rings (SSSR count). The quantitative estimate of drug-likeness (QED) is 0.711. The lowest BCUT2D eigenvalue weighted by atomic mass is 10.1. The molecule has 0 aliphatic carbocycles. The van der Waals surface area contributed by atoms with Crippen LogP contribution in [-0.4, -0.2) is 14.1 Å². The maximum Gasteiger partial charge on any atom is 0.332 e. The number of nitrogens with zero attached hydrogens (tertiary/aromatic N) is 4. The van der Waals surface area contributed by atoms with Crippen molar-refractivity contribution < 1.29 is 0 Å². The Hall–Kier alpha value is -2.91. The predicted molar refractivity (Wildman–Crippen MR) is 101 cm³/mol. The lowest BCUT2D eigenvalue weighted by molar-refractivity contribution is 0.500. The summed E-state index contributed by atoms with van der Waals surface area (Å²) in [5.74, 6) is 0.185. The monoisotopic (exact) mass is 368 g/mol. The van der Waals surface area contributed by atoms with Crippen molar-refractivity contribution in [3.63, 3.8) is 0 Å². The first kappa shape index (κ1) is 17.9. The summed E-state index contributed by atoms with van der Waals surface area (Å²) in [6, 6.07) is 10.5. The summed E-state index contributed by atoms with van der Waals surface area (Å²) < 4.78 is 2.54. The van der Waals surface area contributed by atoms with Gasteiger partial charge in [0.2, 0.25) is 0 Å². The molecule has 0 radical (unpaired) electrons. The van der Waals surface area contributed by atoms with Crippen LogP contribution in [0.15, 0.2) is 39.9 Å². The number of hydrogen-bond donors (Lipinski definition) is 0. The molecule has 0 N–H and O–H groups in total. The molecular weight excluding hydrogens is 352 g/mol. The van der Waals surface area contributed by atoms with Crippen LogP contribution < -0.4 is 11.2 Å². The molecule has 0 saturated carbocycles. The molecule has 132 valence electrons. The third-order valence-corrected chi connectivity index (χ3v) is 4.35. The molecule has 2 aromatic heterocycles. The normalized spacial score (nSPS) is 11.1. The molecule has 0 spiro atoms. The molecule has 6 nitrogen and oxygen atoms in total. The van der Waals surface area contributed by atoms with Crippen molar-refractivity contribution in [2.24, 2.45) is 13.0 Å². The molecule has 0 fully saturated rings. The molecule has 3 aromatic rings. The van der Waals surface area contributed by atoms with Gasteiger partial charge in [-0.2, -0.15) is 5.26 Å². The lowest BCUT2D eigenvalue weighted by Gasteiger charge is -2.15. The van der Waals surface area contributed by atoms with Gasteiger partial charge in [0.15, 0.2) is 0 Å². The summed E-state index contributed by atoms with van der Waals surface area (Å²) >= 11 is 5.93. The number of benzene rings is 1. The van der Waals surface area contributed by atoms with Crippen LogP contribution >= 0.6 is 11.6 Å². The summed E-state index contributed by atoms with van der Waals surface area (Å²) in [6.07, 6.45) is 0. The Labute approximate surface area is 154 Å². The maximum absolute atomic E-state index is 12.6. The minimum atomic E-state index is -0.461. The molecular formula is C19H17ClN4O2. The average Bonchev–Trinajstić information content (AvgIpc) is 2.63. The molecule has 7 heteroatoms. The summed E-state index contributed by atoms with van der Waals surface area (Å²) in [6.45, 7) is 4.38. The van der Waals surface area contributed by atoms with Gasteiger partial charge in [0.25, 0.3) is 5.56 Å². The fourth-order valence-corrected chi connectivity index (χ4v) is 2.97. The van der Waals surface area contributed by atoms with Gasteiger partial charge < -0.3 is 0 Å². The van der Waals surface area contributed by atoms with Gasteiger partial charge >= 0.3 is 5.69 Å². The van der Waals surface area contributed by atoms with E-state index in [-0.39, 0.29) is 22.5 Å². The van der Waals surface area contributed by atoms with Gasteiger partial charge in [-0.15, -0.1) is 0 Å². The van der Waals surface area contributed by atoms with Gasteiger partial charge in [-0.1, -0.05) is 37.6 Å². The number of nitriles is 1. The van der Waals surface area contributed by atoms with Crippen LogP contribution in [0.3, 0.4) is 0 Å². The highest BCUT2D eigenvalue weighted by atomic mass is 35.5. The predicted octanol–water partition coefficient (Wildman–Crippen LogP) is 2.94. The molecule has 2 heterocycles. The number of pyridine rings is 1. The van der Waals surface area contributed by atoms with E-state index in [4.69, 9.17) is 11.6 Å². The van der Waals surface area contributed by atoms with Gasteiger partial charge in [0.05, 0.1) is 16.6 Å². The first-order chi connectivity index (χ1) is 12.3. The fraction of sp³-hybridized carbons (Fsp3) is 0.263. The number of fused-ring (bicyclic) bond motifs is 1. The Bertz CT molecular complexity index is 1150. The van der Waals surface area contributed by atoms with Crippen molar-refractivity contribution in [2.45, 2.75) is 20.4 Å². The summed E-state index contributed by atoms with van der Waals surface area (Å²) in [4.78, 5) is 29.7. The first-order valence-electron chi connectivity index (χ1n) is 8.14. The summed E-state index contributed by atoms with van der Waals surface area (Å²) in [5, 5.41) is 10.3. The van der Waals surface area contributed by atoms with Crippen LogP contribution in [0.4, 0.5) is 0 Å². The average molecular weight is 369 g/mol. The van der Waals surface area contributed by atoms with Gasteiger partial charge in [-0.3, -0.25) is 13.9 Å². The van der Waals surface area contributed by atoms with Crippen LogP contribution in [0.2, 0.25) is 5.02 Å². The molecule has 0 bridgehead atoms. The highest BCUT2D eigenvalue weighted by molar-refractivity contribution is 6.30.